The predicted molar refractivity (Wildman–Crippen MR) is 158 cm³/mol. The first-order valence-corrected chi connectivity index (χ1v) is 14.1. The fraction of sp³-hybridized carbons (Fsp3) is 0.265. The van der Waals surface area contributed by atoms with E-state index in [1.54, 1.807) is 6.20 Å². The van der Waals surface area contributed by atoms with Crippen molar-refractivity contribution in [2.45, 2.75) is 44.2 Å². The Balaban J connectivity index is 1.28. The van der Waals surface area contributed by atoms with Crippen molar-refractivity contribution >= 4 is 17.1 Å². The summed E-state index contributed by atoms with van der Waals surface area (Å²) in [5.74, 6) is 0.925. The van der Waals surface area contributed by atoms with Gasteiger partial charge in [-0.2, -0.15) is 0 Å². The average molecular weight is 531 g/mol. The number of carbonyl (C=O) groups is 1. The van der Waals surface area contributed by atoms with Crippen molar-refractivity contribution in [3.05, 3.63) is 120 Å². The second kappa shape index (κ2) is 11.8. The molecule has 1 aliphatic rings. The number of benzene rings is 3. The Bertz CT molecular complexity index is 1560. The van der Waals surface area contributed by atoms with Crippen LogP contribution in [0.3, 0.4) is 0 Å². The minimum Gasteiger partial charge on any atom is -0.394 e. The van der Waals surface area contributed by atoms with E-state index in [-0.39, 0.29) is 18.4 Å². The Hall–Kier alpha value is -4.29. The molecule has 2 aromatic heterocycles. The minimum atomic E-state index is -0.421. The molecule has 2 N–H and O–H groups in total. The van der Waals surface area contributed by atoms with Gasteiger partial charge in [0.2, 0.25) is 5.91 Å². The molecule has 0 radical (unpaired) electrons. The number of amides is 1. The van der Waals surface area contributed by atoms with Crippen LogP contribution in [-0.4, -0.2) is 32.2 Å². The van der Waals surface area contributed by atoms with Crippen molar-refractivity contribution in [3.8, 4) is 11.4 Å². The van der Waals surface area contributed by atoms with Crippen LogP contribution in [0.25, 0.3) is 22.6 Å². The van der Waals surface area contributed by atoms with Crippen LogP contribution >= 0.6 is 0 Å². The molecule has 1 aliphatic carbocycles. The molecular weight excluding hydrogens is 496 g/mol. The summed E-state index contributed by atoms with van der Waals surface area (Å²) in [6.07, 6.45) is 6.19. The lowest BCUT2D eigenvalue weighted by Crippen LogP contribution is -2.37. The van der Waals surface area contributed by atoms with Crippen molar-refractivity contribution in [1.82, 2.24) is 19.9 Å². The smallest absolute Gasteiger partial charge is 0.228 e. The third kappa shape index (κ3) is 5.40. The normalized spacial score (nSPS) is 15.2. The summed E-state index contributed by atoms with van der Waals surface area (Å²) >= 11 is 0. The minimum absolute atomic E-state index is 0.0151. The zero-order valence-electron chi connectivity index (χ0n) is 22.5. The number of aliphatic hydroxyl groups excluding tert-OH is 1. The highest BCUT2D eigenvalue weighted by molar-refractivity contribution is 5.84. The van der Waals surface area contributed by atoms with Gasteiger partial charge in [-0.15, -0.1) is 0 Å². The Morgan fingerprint density at radius 3 is 2.27 bits per heavy atom. The maximum atomic E-state index is 13.7. The Morgan fingerprint density at radius 2 is 1.57 bits per heavy atom. The van der Waals surface area contributed by atoms with Gasteiger partial charge in [0.1, 0.15) is 11.3 Å². The molecule has 2 atom stereocenters. The average Bonchev–Trinajstić information content (AvgIpc) is 3.67. The number of pyridine rings is 1. The summed E-state index contributed by atoms with van der Waals surface area (Å²) < 4.78 is 2.16. The zero-order chi connectivity index (χ0) is 27.3. The molecule has 6 nitrogen and oxygen atoms in total. The van der Waals surface area contributed by atoms with Crippen LogP contribution in [-0.2, 0) is 11.3 Å². The number of rotatable bonds is 9. The van der Waals surface area contributed by atoms with Crippen molar-refractivity contribution in [2.75, 3.05) is 6.61 Å². The fourth-order valence-electron chi connectivity index (χ4n) is 6.04. The first kappa shape index (κ1) is 26.0. The van der Waals surface area contributed by atoms with Crippen LogP contribution in [0.15, 0.2) is 103 Å². The number of carbonyl (C=O) groups excluding carboxylic acids is 1. The second-order valence-electron chi connectivity index (χ2n) is 10.7. The van der Waals surface area contributed by atoms with E-state index in [9.17, 15) is 9.90 Å². The molecule has 5 aromatic rings. The monoisotopic (exact) mass is 530 g/mol. The van der Waals surface area contributed by atoms with E-state index in [0.29, 0.717) is 12.5 Å². The number of aliphatic hydroxyl groups is 1. The maximum absolute atomic E-state index is 13.7. The van der Waals surface area contributed by atoms with Crippen LogP contribution in [0.1, 0.15) is 54.3 Å². The van der Waals surface area contributed by atoms with Gasteiger partial charge in [-0.3, -0.25) is 4.79 Å². The third-order valence-electron chi connectivity index (χ3n) is 8.07. The van der Waals surface area contributed by atoms with E-state index < -0.39 is 6.04 Å². The molecule has 0 saturated heterocycles. The van der Waals surface area contributed by atoms with E-state index in [0.717, 1.165) is 64.9 Å². The topological polar surface area (TPSA) is 80.0 Å². The van der Waals surface area contributed by atoms with Gasteiger partial charge in [-0.25, -0.2) is 9.97 Å². The number of imidazole rings is 1. The maximum Gasteiger partial charge on any atom is 0.228 e. The summed E-state index contributed by atoms with van der Waals surface area (Å²) in [7, 11) is 0. The lowest BCUT2D eigenvalue weighted by atomic mass is 9.83. The van der Waals surface area contributed by atoms with E-state index in [1.807, 2.05) is 60.7 Å². The Morgan fingerprint density at radius 1 is 0.875 bits per heavy atom. The number of fused-ring (bicyclic) bond motifs is 1. The predicted octanol–water partition coefficient (Wildman–Crippen LogP) is 6.27. The molecule has 6 heteroatoms. The molecule has 0 spiro atoms. The highest BCUT2D eigenvalue weighted by Gasteiger charge is 2.33. The van der Waals surface area contributed by atoms with Crippen LogP contribution in [0.5, 0.6) is 0 Å². The summed E-state index contributed by atoms with van der Waals surface area (Å²) in [5, 5.41) is 13.2. The third-order valence-corrected chi connectivity index (χ3v) is 8.07. The summed E-state index contributed by atoms with van der Waals surface area (Å²) in [4.78, 5) is 23.2. The van der Waals surface area contributed by atoms with Gasteiger partial charge in [-0.1, -0.05) is 97.8 Å². The molecule has 2 heterocycles. The van der Waals surface area contributed by atoms with Crippen molar-refractivity contribution in [2.24, 2.45) is 5.92 Å². The summed E-state index contributed by atoms with van der Waals surface area (Å²) in [5.41, 5.74) is 5.82. The molecule has 0 aliphatic heterocycles. The number of hydrogen-bond acceptors (Lipinski definition) is 4. The molecule has 6 rings (SSSR count). The number of nitrogens with zero attached hydrogens (tertiary/aromatic N) is 3. The molecule has 1 fully saturated rings. The highest BCUT2D eigenvalue weighted by atomic mass is 16.3. The van der Waals surface area contributed by atoms with Crippen LogP contribution in [0, 0.1) is 5.92 Å². The molecular formula is C34H34N4O2. The molecule has 202 valence electrons. The lowest BCUT2D eigenvalue weighted by Gasteiger charge is -2.26. The van der Waals surface area contributed by atoms with E-state index in [2.05, 4.69) is 51.3 Å². The summed E-state index contributed by atoms with van der Waals surface area (Å²) in [6, 6.07) is 31.8. The zero-order valence-corrected chi connectivity index (χ0v) is 22.5. The molecule has 0 bridgehead atoms. The molecule has 0 unspecified atom stereocenters. The molecule has 40 heavy (non-hydrogen) atoms. The van der Waals surface area contributed by atoms with E-state index >= 15 is 0 Å². The first-order chi connectivity index (χ1) is 19.7. The largest absolute Gasteiger partial charge is 0.394 e. The number of hydrogen-bond donors (Lipinski definition) is 2. The van der Waals surface area contributed by atoms with Crippen molar-refractivity contribution in [3.63, 3.8) is 0 Å². The molecule has 1 saturated carbocycles. The quantitative estimate of drug-likeness (QED) is 0.235. The van der Waals surface area contributed by atoms with Gasteiger partial charge >= 0.3 is 0 Å². The van der Waals surface area contributed by atoms with Gasteiger partial charge in [-0.05, 0) is 47.6 Å². The number of aromatic nitrogens is 3. The highest BCUT2D eigenvalue weighted by Crippen LogP contribution is 2.38. The van der Waals surface area contributed by atoms with Gasteiger partial charge in [0.25, 0.3) is 0 Å². The second-order valence-corrected chi connectivity index (χ2v) is 10.7. The Kier molecular flexibility index (Phi) is 7.69. The molecule has 3 aromatic carbocycles. The SMILES string of the molecule is O=C(N[C@@H](CO)c1ccccc1)[C@H](c1ccc(Cn2c(-c3ccccc3)nc3cccnc32)cc1)C1CCCC1. The van der Waals surface area contributed by atoms with E-state index in [4.69, 9.17) is 4.98 Å². The first-order valence-electron chi connectivity index (χ1n) is 14.1. The van der Waals surface area contributed by atoms with Gasteiger partial charge < -0.3 is 15.0 Å². The van der Waals surface area contributed by atoms with E-state index in [1.165, 1.54) is 0 Å². The van der Waals surface area contributed by atoms with Gasteiger partial charge in [0.15, 0.2) is 5.65 Å². The van der Waals surface area contributed by atoms with Gasteiger partial charge in [0.05, 0.1) is 25.1 Å². The molecule has 1 amide bonds. The van der Waals surface area contributed by atoms with Crippen molar-refractivity contribution < 1.29 is 9.90 Å². The number of nitrogens with one attached hydrogen (secondary N) is 1. The van der Waals surface area contributed by atoms with Crippen LogP contribution in [0.4, 0.5) is 0 Å². The fourth-order valence-corrected chi connectivity index (χ4v) is 6.04. The van der Waals surface area contributed by atoms with Crippen LogP contribution in [0.2, 0.25) is 0 Å². The Labute approximate surface area is 234 Å². The standard InChI is InChI=1S/C34H34N4O2/c39-23-30(25-10-3-1-4-11-25)37-34(40)31(26-12-7-8-13-26)27-19-17-24(18-20-27)22-38-32(28-14-5-2-6-15-28)36-29-16-9-21-35-33(29)38/h1-6,9-11,14-21,26,30-31,39H,7-8,12-13,22-23H2,(H,37,40)/t30-,31-/m0/s1. The van der Waals surface area contributed by atoms with Gasteiger partial charge in [0, 0.05) is 11.8 Å². The summed E-state index contributed by atoms with van der Waals surface area (Å²) in [6.45, 7) is 0.488. The van der Waals surface area contributed by atoms with Crippen molar-refractivity contribution in [1.29, 1.82) is 0 Å². The van der Waals surface area contributed by atoms with Crippen LogP contribution < -0.4 is 5.32 Å². The lowest BCUT2D eigenvalue weighted by molar-refractivity contribution is -0.124.